The number of benzene rings is 2. The Morgan fingerprint density at radius 3 is 2.49 bits per heavy atom. The first-order valence-corrected chi connectivity index (χ1v) is 14.0. The second-order valence-electron chi connectivity index (χ2n) is 10.2. The van der Waals surface area contributed by atoms with Crippen LogP contribution in [-0.4, -0.2) is 42.1 Å². The SMILES string of the molecule is O=C(NCc1ccnc(Cl)c1)N1CC2(CCN(C/C=C/c3ccc(Cl)c(Cl)c3)CC2)c2cc(F)c(C(F)(F)F)cc21. The van der Waals surface area contributed by atoms with E-state index in [1.165, 1.54) is 11.1 Å². The number of likely N-dealkylation sites (tertiary alicyclic amines) is 1. The molecular formula is C29H25Cl3F4N4O. The summed E-state index contributed by atoms with van der Waals surface area (Å²) >= 11 is 18.0. The van der Waals surface area contributed by atoms with Gasteiger partial charge in [-0.25, -0.2) is 14.2 Å². The van der Waals surface area contributed by atoms with Gasteiger partial charge < -0.3 is 5.32 Å². The molecule has 5 nitrogen and oxygen atoms in total. The van der Waals surface area contributed by atoms with E-state index >= 15 is 0 Å². The smallest absolute Gasteiger partial charge is 0.334 e. The molecule has 1 aromatic heterocycles. The summed E-state index contributed by atoms with van der Waals surface area (Å²) in [4.78, 5) is 20.7. The average molecular weight is 628 g/mol. The number of urea groups is 1. The van der Waals surface area contributed by atoms with Gasteiger partial charge in [0.1, 0.15) is 11.0 Å². The number of fused-ring (bicyclic) bond motifs is 2. The lowest BCUT2D eigenvalue weighted by molar-refractivity contribution is -0.139. The number of amides is 2. The van der Waals surface area contributed by atoms with E-state index in [2.05, 4.69) is 15.2 Å². The average Bonchev–Trinajstić information content (AvgIpc) is 3.22. The fraction of sp³-hybridized carbons (Fsp3) is 0.310. The molecule has 0 bridgehead atoms. The van der Waals surface area contributed by atoms with Gasteiger partial charge in [0.05, 0.1) is 21.3 Å². The first-order chi connectivity index (χ1) is 19.4. The van der Waals surface area contributed by atoms with Gasteiger partial charge in [-0.15, -0.1) is 0 Å². The molecule has 1 spiro atoms. The van der Waals surface area contributed by atoms with Crippen LogP contribution in [-0.2, 0) is 18.1 Å². The van der Waals surface area contributed by atoms with Crippen molar-refractivity contribution in [3.63, 3.8) is 0 Å². The van der Waals surface area contributed by atoms with Crippen molar-refractivity contribution in [2.24, 2.45) is 0 Å². The Balaban J connectivity index is 1.33. The minimum absolute atomic E-state index is 0.0805. The van der Waals surface area contributed by atoms with Gasteiger partial charge in [-0.05, 0) is 79.0 Å². The molecule has 5 rings (SSSR count). The van der Waals surface area contributed by atoms with Crippen molar-refractivity contribution in [3.8, 4) is 0 Å². The molecular weight excluding hydrogens is 603 g/mol. The maximum Gasteiger partial charge on any atom is 0.419 e. The van der Waals surface area contributed by atoms with Crippen LogP contribution in [0, 0.1) is 5.82 Å². The van der Waals surface area contributed by atoms with Gasteiger partial charge in [-0.2, -0.15) is 13.2 Å². The number of aromatic nitrogens is 1. The van der Waals surface area contributed by atoms with Crippen molar-refractivity contribution in [1.82, 2.24) is 15.2 Å². The van der Waals surface area contributed by atoms with E-state index in [1.54, 1.807) is 24.3 Å². The van der Waals surface area contributed by atoms with Crippen LogP contribution in [0.1, 0.15) is 35.1 Å². The van der Waals surface area contributed by atoms with Crippen molar-refractivity contribution in [3.05, 3.63) is 98.0 Å². The predicted molar refractivity (Wildman–Crippen MR) is 153 cm³/mol. The number of nitrogens with zero attached hydrogens (tertiary/aromatic N) is 3. The van der Waals surface area contributed by atoms with E-state index in [0.717, 1.165) is 17.7 Å². The molecule has 3 aromatic rings. The highest BCUT2D eigenvalue weighted by atomic mass is 35.5. The number of nitrogens with one attached hydrogen (secondary N) is 1. The monoisotopic (exact) mass is 626 g/mol. The molecule has 12 heteroatoms. The lowest BCUT2D eigenvalue weighted by Gasteiger charge is -2.39. The highest BCUT2D eigenvalue weighted by Gasteiger charge is 2.48. The van der Waals surface area contributed by atoms with E-state index in [-0.39, 0.29) is 23.9 Å². The number of halogens is 7. The van der Waals surface area contributed by atoms with Crippen molar-refractivity contribution < 1.29 is 22.4 Å². The molecule has 0 saturated carbocycles. The topological polar surface area (TPSA) is 48.5 Å². The summed E-state index contributed by atoms with van der Waals surface area (Å²) in [5.41, 5.74) is 0.0422. The molecule has 216 valence electrons. The zero-order valence-electron chi connectivity index (χ0n) is 21.6. The molecule has 1 N–H and O–H groups in total. The fourth-order valence-corrected chi connectivity index (χ4v) is 5.96. The Bertz CT molecular complexity index is 1490. The summed E-state index contributed by atoms with van der Waals surface area (Å²) in [5.74, 6) is -1.34. The van der Waals surface area contributed by atoms with E-state index in [1.807, 2.05) is 18.2 Å². The Kier molecular flexibility index (Phi) is 8.53. The van der Waals surface area contributed by atoms with E-state index in [0.29, 0.717) is 53.6 Å². The second kappa shape index (κ2) is 11.8. The fourth-order valence-electron chi connectivity index (χ4n) is 5.45. The summed E-state index contributed by atoms with van der Waals surface area (Å²) in [6.07, 6.45) is 1.64. The maximum atomic E-state index is 14.8. The molecule has 2 aliphatic heterocycles. The van der Waals surface area contributed by atoms with E-state index in [4.69, 9.17) is 34.8 Å². The quantitative estimate of drug-likeness (QED) is 0.231. The minimum atomic E-state index is -4.89. The number of carbonyl (C=O) groups is 1. The van der Waals surface area contributed by atoms with E-state index in [9.17, 15) is 22.4 Å². The molecule has 3 heterocycles. The number of pyridine rings is 1. The van der Waals surface area contributed by atoms with Gasteiger partial charge in [0.15, 0.2) is 0 Å². The third-order valence-electron chi connectivity index (χ3n) is 7.62. The van der Waals surface area contributed by atoms with Crippen LogP contribution in [0.4, 0.5) is 28.0 Å². The number of rotatable bonds is 5. The highest BCUT2D eigenvalue weighted by Crippen LogP contribution is 2.49. The molecule has 0 unspecified atom stereocenters. The van der Waals surface area contributed by atoms with E-state index < -0.39 is 29.0 Å². The summed E-state index contributed by atoms with van der Waals surface area (Å²) in [5, 5.41) is 3.95. The summed E-state index contributed by atoms with van der Waals surface area (Å²) in [7, 11) is 0. The minimum Gasteiger partial charge on any atom is -0.334 e. The number of anilines is 1. The van der Waals surface area contributed by atoms with Crippen molar-refractivity contribution in [2.45, 2.75) is 31.0 Å². The number of alkyl halides is 3. The highest BCUT2D eigenvalue weighted by molar-refractivity contribution is 6.42. The molecule has 0 atom stereocenters. The zero-order valence-corrected chi connectivity index (χ0v) is 23.9. The normalized spacial score (nSPS) is 16.9. The lowest BCUT2D eigenvalue weighted by Crippen LogP contribution is -2.47. The molecule has 2 aliphatic rings. The van der Waals surface area contributed by atoms with Crippen LogP contribution in [0.15, 0.2) is 54.7 Å². The molecule has 41 heavy (non-hydrogen) atoms. The van der Waals surface area contributed by atoms with Crippen molar-refractivity contribution >= 4 is 52.6 Å². The third kappa shape index (κ3) is 6.48. The van der Waals surface area contributed by atoms with Gasteiger partial charge >= 0.3 is 12.2 Å². The van der Waals surface area contributed by atoms with Gasteiger partial charge in [-0.1, -0.05) is 53.0 Å². The summed E-state index contributed by atoms with van der Waals surface area (Å²) < 4.78 is 55.6. The Morgan fingerprint density at radius 1 is 1.05 bits per heavy atom. The Labute approximate surface area is 249 Å². The first kappa shape index (κ1) is 29.6. The Morgan fingerprint density at radius 2 is 1.80 bits per heavy atom. The van der Waals surface area contributed by atoms with Crippen LogP contribution in [0.25, 0.3) is 6.08 Å². The van der Waals surface area contributed by atoms with Gasteiger partial charge in [0, 0.05) is 31.2 Å². The van der Waals surface area contributed by atoms with Crippen LogP contribution in [0.3, 0.4) is 0 Å². The van der Waals surface area contributed by atoms with Crippen LogP contribution in [0.2, 0.25) is 15.2 Å². The van der Waals surface area contributed by atoms with Gasteiger partial charge in [0.2, 0.25) is 0 Å². The molecule has 0 radical (unpaired) electrons. The largest absolute Gasteiger partial charge is 0.419 e. The zero-order chi connectivity index (χ0) is 29.4. The predicted octanol–water partition coefficient (Wildman–Crippen LogP) is 7.98. The Hall–Kier alpha value is -2.85. The number of carbonyl (C=O) groups excluding carboxylic acids is 1. The van der Waals surface area contributed by atoms with Crippen LogP contribution in [0.5, 0.6) is 0 Å². The lowest BCUT2D eigenvalue weighted by atomic mass is 9.74. The van der Waals surface area contributed by atoms with Gasteiger partial charge in [0.25, 0.3) is 0 Å². The van der Waals surface area contributed by atoms with Crippen LogP contribution >= 0.6 is 34.8 Å². The number of hydrogen-bond acceptors (Lipinski definition) is 3. The number of hydrogen-bond donors (Lipinski definition) is 1. The van der Waals surface area contributed by atoms with Crippen molar-refractivity contribution in [2.75, 3.05) is 31.1 Å². The summed E-state index contributed by atoms with van der Waals surface area (Å²) in [6.45, 7) is 2.14. The van der Waals surface area contributed by atoms with Crippen molar-refractivity contribution in [1.29, 1.82) is 0 Å². The second-order valence-corrected chi connectivity index (χ2v) is 11.4. The number of piperidine rings is 1. The molecule has 2 aromatic carbocycles. The van der Waals surface area contributed by atoms with Crippen LogP contribution < -0.4 is 10.2 Å². The molecule has 1 saturated heterocycles. The third-order valence-corrected chi connectivity index (χ3v) is 8.57. The maximum absolute atomic E-state index is 14.8. The summed E-state index contributed by atoms with van der Waals surface area (Å²) in [6, 6.07) is 9.78. The molecule has 1 fully saturated rings. The van der Waals surface area contributed by atoms with Gasteiger partial charge in [-0.3, -0.25) is 9.80 Å². The molecule has 0 aliphatic carbocycles. The standard InChI is InChI=1S/C29H25Cl3F4N4O/c30-22-4-3-18(12-23(22)31)2-1-9-39-10-6-28(7-11-39)17-40(27(41)38-16-19-5-8-37-26(32)13-19)25-15-20(29(34,35)36)24(33)14-21(25)28/h1-5,8,12-15H,6-7,9-11,16-17H2,(H,38,41)/b2-1+. The molecule has 2 amide bonds. The first-order valence-electron chi connectivity index (χ1n) is 12.9.